The Labute approximate surface area is 88.6 Å². The van der Waals surface area contributed by atoms with Crippen LogP contribution in [0.5, 0.6) is 0 Å². The monoisotopic (exact) mass is 233 g/mol. The van der Waals surface area contributed by atoms with Gasteiger partial charge < -0.3 is 5.32 Å². The molecule has 1 aromatic rings. The van der Waals surface area contributed by atoms with Crippen molar-refractivity contribution in [1.82, 2.24) is 0 Å². The minimum Gasteiger partial charge on any atom is -0.326 e. The second-order valence-electron chi connectivity index (χ2n) is 2.90. The maximum atomic E-state index is 12.5. The van der Waals surface area contributed by atoms with Gasteiger partial charge in [0.05, 0.1) is 6.42 Å². The molecule has 6 heteroatoms. The van der Waals surface area contributed by atoms with E-state index in [0.29, 0.717) is 0 Å². The number of rotatable bonds is 3. The first-order valence-corrected chi connectivity index (χ1v) is 4.24. The second kappa shape index (κ2) is 5.29. The van der Waals surface area contributed by atoms with Crippen LogP contribution < -0.4 is 5.32 Å². The Morgan fingerprint density at radius 3 is 2.19 bits per heavy atom. The van der Waals surface area contributed by atoms with Crippen molar-refractivity contribution in [1.29, 1.82) is 0 Å². The number of anilines is 1. The van der Waals surface area contributed by atoms with Gasteiger partial charge in [0.15, 0.2) is 5.83 Å². The molecule has 0 saturated heterocycles. The fourth-order valence-electron chi connectivity index (χ4n) is 0.946. The van der Waals surface area contributed by atoms with Crippen LogP contribution in [0.1, 0.15) is 6.42 Å². The van der Waals surface area contributed by atoms with Crippen LogP contribution in [0.3, 0.4) is 0 Å². The standard InChI is InChI=1S/C10H7F4NO/c11-6-1-3-7(4-2-6)15-9(16)5-8(12)10(13)14/h1-4H,5H2,(H,15,16). The molecular weight excluding hydrogens is 226 g/mol. The molecule has 0 spiro atoms. The third kappa shape index (κ3) is 3.72. The van der Waals surface area contributed by atoms with Gasteiger partial charge in [-0.2, -0.15) is 8.78 Å². The largest absolute Gasteiger partial charge is 0.326 e. The SMILES string of the molecule is O=C(CC(F)=C(F)F)Nc1ccc(F)cc1. The Bertz CT molecular complexity index is 409. The normalized spacial score (nSPS) is 9.75. The summed E-state index contributed by atoms with van der Waals surface area (Å²) in [7, 11) is 0. The van der Waals surface area contributed by atoms with Crippen LogP contribution in [-0.2, 0) is 4.79 Å². The summed E-state index contributed by atoms with van der Waals surface area (Å²) in [5.41, 5.74) is 0.207. The molecule has 0 aliphatic heterocycles. The van der Waals surface area contributed by atoms with Gasteiger partial charge in [-0.1, -0.05) is 0 Å². The van der Waals surface area contributed by atoms with E-state index in [1.807, 2.05) is 0 Å². The lowest BCUT2D eigenvalue weighted by atomic mass is 10.3. The molecule has 0 saturated carbocycles. The van der Waals surface area contributed by atoms with Crippen molar-refractivity contribution in [2.24, 2.45) is 0 Å². The van der Waals surface area contributed by atoms with Gasteiger partial charge in [-0.3, -0.25) is 4.79 Å². The molecule has 0 aliphatic rings. The van der Waals surface area contributed by atoms with Crippen LogP contribution in [0.25, 0.3) is 0 Å². The zero-order chi connectivity index (χ0) is 12.1. The van der Waals surface area contributed by atoms with Gasteiger partial charge in [-0.15, -0.1) is 0 Å². The molecule has 0 heterocycles. The van der Waals surface area contributed by atoms with Crippen LogP contribution in [0.4, 0.5) is 23.2 Å². The van der Waals surface area contributed by atoms with E-state index in [1.165, 1.54) is 12.1 Å². The van der Waals surface area contributed by atoms with Gasteiger partial charge in [-0.05, 0) is 24.3 Å². The highest BCUT2D eigenvalue weighted by molar-refractivity contribution is 5.91. The van der Waals surface area contributed by atoms with Crippen molar-refractivity contribution in [3.63, 3.8) is 0 Å². The number of nitrogens with one attached hydrogen (secondary N) is 1. The quantitative estimate of drug-likeness (QED) is 0.798. The number of hydrogen-bond acceptors (Lipinski definition) is 1. The predicted octanol–water partition coefficient (Wildman–Crippen LogP) is 3.23. The summed E-state index contributed by atoms with van der Waals surface area (Å²) in [6.07, 6.45) is -3.56. The van der Waals surface area contributed by atoms with E-state index in [0.717, 1.165) is 12.1 Å². The fourth-order valence-corrected chi connectivity index (χ4v) is 0.946. The molecule has 0 bridgehead atoms. The lowest BCUT2D eigenvalue weighted by molar-refractivity contribution is -0.115. The molecule has 2 nitrogen and oxygen atoms in total. The van der Waals surface area contributed by atoms with Crippen molar-refractivity contribution < 1.29 is 22.4 Å². The smallest absolute Gasteiger partial charge is 0.302 e. The van der Waals surface area contributed by atoms with Crippen molar-refractivity contribution in [2.45, 2.75) is 6.42 Å². The fraction of sp³-hybridized carbons (Fsp3) is 0.100. The number of carbonyl (C=O) groups excluding carboxylic acids is 1. The Balaban J connectivity index is 2.59. The predicted molar refractivity (Wildman–Crippen MR) is 50.0 cm³/mol. The van der Waals surface area contributed by atoms with Crippen LogP contribution in [0.15, 0.2) is 36.2 Å². The Hall–Kier alpha value is -1.85. The molecule has 0 atom stereocenters. The Morgan fingerprint density at radius 2 is 1.69 bits per heavy atom. The van der Waals surface area contributed by atoms with Gasteiger partial charge >= 0.3 is 6.08 Å². The number of benzene rings is 1. The number of amides is 1. The highest BCUT2D eigenvalue weighted by atomic mass is 19.3. The zero-order valence-corrected chi connectivity index (χ0v) is 7.94. The number of carbonyl (C=O) groups is 1. The molecule has 86 valence electrons. The maximum Gasteiger partial charge on any atom is 0.302 e. The molecule has 1 aromatic carbocycles. The molecular formula is C10H7F4NO. The average molecular weight is 233 g/mol. The Morgan fingerprint density at radius 1 is 1.12 bits per heavy atom. The Kier molecular flexibility index (Phi) is 4.04. The van der Waals surface area contributed by atoms with E-state index >= 15 is 0 Å². The molecule has 1 amide bonds. The summed E-state index contributed by atoms with van der Waals surface area (Å²) in [5.74, 6) is -3.21. The van der Waals surface area contributed by atoms with E-state index in [1.54, 1.807) is 0 Å². The third-order valence-corrected chi connectivity index (χ3v) is 1.65. The van der Waals surface area contributed by atoms with Gasteiger partial charge in [0.2, 0.25) is 5.91 Å². The third-order valence-electron chi connectivity index (χ3n) is 1.65. The molecule has 1 rings (SSSR count). The first kappa shape index (κ1) is 12.2. The first-order valence-electron chi connectivity index (χ1n) is 4.24. The van der Waals surface area contributed by atoms with E-state index in [9.17, 15) is 22.4 Å². The number of halogens is 4. The second-order valence-corrected chi connectivity index (χ2v) is 2.90. The first-order chi connectivity index (χ1) is 7.49. The summed E-state index contributed by atoms with van der Waals surface area (Å²) in [6.45, 7) is 0. The van der Waals surface area contributed by atoms with E-state index in [4.69, 9.17) is 0 Å². The van der Waals surface area contributed by atoms with Gasteiger partial charge in [0.1, 0.15) is 5.82 Å². The van der Waals surface area contributed by atoms with Crippen molar-refractivity contribution in [3.8, 4) is 0 Å². The highest BCUT2D eigenvalue weighted by Crippen LogP contribution is 2.15. The molecule has 0 unspecified atom stereocenters. The van der Waals surface area contributed by atoms with Crippen LogP contribution in [0.2, 0.25) is 0 Å². The highest BCUT2D eigenvalue weighted by Gasteiger charge is 2.11. The minimum absolute atomic E-state index is 0.207. The minimum atomic E-state index is -2.52. The van der Waals surface area contributed by atoms with Gasteiger partial charge in [0.25, 0.3) is 0 Å². The lowest BCUT2D eigenvalue weighted by Crippen LogP contribution is -2.11. The summed E-state index contributed by atoms with van der Waals surface area (Å²) >= 11 is 0. The molecule has 0 aromatic heterocycles. The number of hydrogen-bond donors (Lipinski definition) is 1. The van der Waals surface area contributed by atoms with Crippen LogP contribution in [0, 0.1) is 5.82 Å². The van der Waals surface area contributed by atoms with E-state index in [-0.39, 0.29) is 5.69 Å². The molecule has 0 fully saturated rings. The van der Waals surface area contributed by atoms with Crippen LogP contribution >= 0.6 is 0 Å². The summed E-state index contributed by atoms with van der Waals surface area (Å²) in [6, 6.07) is 4.64. The van der Waals surface area contributed by atoms with E-state index in [2.05, 4.69) is 5.32 Å². The maximum absolute atomic E-state index is 12.5. The molecule has 0 radical (unpaired) electrons. The van der Waals surface area contributed by atoms with E-state index < -0.39 is 30.1 Å². The molecule has 16 heavy (non-hydrogen) atoms. The summed E-state index contributed by atoms with van der Waals surface area (Å²) < 4.78 is 48.1. The lowest BCUT2D eigenvalue weighted by Gasteiger charge is -2.03. The van der Waals surface area contributed by atoms with Crippen molar-refractivity contribution >= 4 is 11.6 Å². The molecule has 0 aliphatic carbocycles. The average Bonchev–Trinajstić information content (AvgIpc) is 2.21. The zero-order valence-electron chi connectivity index (χ0n) is 7.94. The van der Waals surface area contributed by atoms with Crippen molar-refractivity contribution in [3.05, 3.63) is 42.0 Å². The summed E-state index contributed by atoms with van der Waals surface area (Å²) in [4.78, 5) is 11.0. The topological polar surface area (TPSA) is 29.1 Å². The van der Waals surface area contributed by atoms with Crippen molar-refractivity contribution in [2.75, 3.05) is 5.32 Å². The van der Waals surface area contributed by atoms with Gasteiger partial charge in [-0.25, -0.2) is 8.78 Å². The molecule has 1 N–H and O–H groups in total. The summed E-state index contributed by atoms with van der Waals surface area (Å²) in [5, 5.41) is 2.14. The van der Waals surface area contributed by atoms with Crippen LogP contribution in [-0.4, -0.2) is 5.91 Å². The van der Waals surface area contributed by atoms with Gasteiger partial charge in [0, 0.05) is 5.69 Å².